The number of hydrogen-bond donors (Lipinski definition) is 3. The number of rotatable bonds is 8. The molecule has 36 heavy (non-hydrogen) atoms. The Bertz CT molecular complexity index is 1210. The van der Waals surface area contributed by atoms with E-state index in [9.17, 15) is 14.4 Å². The number of benzene rings is 3. The highest BCUT2D eigenvalue weighted by molar-refractivity contribution is 6.04. The van der Waals surface area contributed by atoms with Crippen LogP contribution in [0.25, 0.3) is 0 Å². The molecule has 0 aliphatic carbocycles. The maximum Gasteiger partial charge on any atom is 0.338 e. The lowest BCUT2D eigenvalue weighted by Gasteiger charge is -2.22. The Morgan fingerprint density at radius 3 is 2.22 bits per heavy atom. The van der Waals surface area contributed by atoms with Gasteiger partial charge in [-0.25, -0.2) is 9.59 Å². The van der Waals surface area contributed by atoms with Gasteiger partial charge >= 0.3 is 12.0 Å². The van der Waals surface area contributed by atoms with E-state index >= 15 is 0 Å². The quantitative estimate of drug-likeness (QED) is 0.388. The Labute approximate surface area is 210 Å². The standard InChI is InChI=1S/C28H30N4O4/c1-2-36-27(34)21-10-12-22(13-11-21)30-28(35)31-23-14-15-25(32-16-6-7-17-32)24(18-23)26(33)29-19-20-8-4-3-5-9-20/h3-5,8-15,18H,2,6-7,16-17,19H2,1H3,(H,29,33)(H2,30,31,35). The van der Waals surface area contributed by atoms with Gasteiger partial charge < -0.3 is 25.6 Å². The van der Waals surface area contributed by atoms with Crippen LogP contribution in [0, 0.1) is 0 Å². The molecule has 0 saturated carbocycles. The Kier molecular flexibility index (Phi) is 8.18. The summed E-state index contributed by atoms with van der Waals surface area (Å²) >= 11 is 0. The highest BCUT2D eigenvalue weighted by Crippen LogP contribution is 2.28. The summed E-state index contributed by atoms with van der Waals surface area (Å²) in [6.07, 6.45) is 2.17. The van der Waals surface area contributed by atoms with Gasteiger partial charge in [0.15, 0.2) is 0 Å². The van der Waals surface area contributed by atoms with Gasteiger partial charge in [-0.2, -0.15) is 0 Å². The first-order valence-electron chi connectivity index (χ1n) is 12.1. The molecule has 0 unspecified atom stereocenters. The highest BCUT2D eigenvalue weighted by atomic mass is 16.5. The molecular formula is C28H30N4O4. The molecule has 3 aromatic carbocycles. The van der Waals surface area contributed by atoms with E-state index in [1.54, 1.807) is 43.3 Å². The summed E-state index contributed by atoms with van der Waals surface area (Å²) in [6.45, 7) is 4.25. The molecule has 4 rings (SSSR count). The number of nitrogens with one attached hydrogen (secondary N) is 3. The lowest BCUT2D eigenvalue weighted by atomic mass is 10.1. The summed E-state index contributed by atoms with van der Waals surface area (Å²) in [7, 11) is 0. The Balaban J connectivity index is 1.45. The normalized spacial score (nSPS) is 12.6. The molecule has 0 aromatic heterocycles. The van der Waals surface area contributed by atoms with E-state index < -0.39 is 12.0 Å². The second kappa shape index (κ2) is 11.9. The number of amides is 3. The Morgan fingerprint density at radius 1 is 0.861 bits per heavy atom. The predicted octanol–water partition coefficient (Wildman–Crippen LogP) is 5.04. The van der Waals surface area contributed by atoms with E-state index in [1.165, 1.54) is 0 Å². The zero-order valence-electron chi connectivity index (χ0n) is 20.3. The molecular weight excluding hydrogens is 456 g/mol. The molecule has 1 heterocycles. The van der Waals surface area contributed by atoms with Crippen molar-refractivity contribution in [1.29, 1.82) is 0 Å². The molecule has 0 atom stereocenters. The number of anilines is 3. The monoisotopic (exact) mass is 486 g/mol. The number of esters is 1. The predicted molar refractivity (Wildman–Crippen MR) is 141 cm³/mol. The van der Waals surface area contributed by atoms with Gasteiger partial charge in [0, 0.05) is 36.7 Å². The molecule has 186 valence electrons. The van der Waals surface area contributed by atoms with Gasteiger partial charge in [0.2, 0.25) is 0 Å². The van der Waals surface area contributed by atoms with Crippen LogP contribution in [0.5, 0.6) is 0 Å². The number of carbonyl (C=O) groups is 3. The van der Waals surface area contributed by atoms with Gasteiger partial charge in [0.05, 0.1) is 17.7 Å². The minimum absolute atomic E-state index is 0.195. The van der Waals surface area contributed by atoms with Crippen LogP contribution in [0.2, 0.25) is 0 Å². The molecule has 1 saturated heterocycles. The third kappa shape index (κ3) is 6.41. The second-order valence-electron chi connectivity index (χ2n) is 8.47. The first-order valence-corrected chi connectivity index (χ1v) is 12.1. The van der Waals surface area contributed by atoms with Crippen molar-refractivity contribution in [3.63, 3.8) is 0 Å². The van der Waals surface area contributed by atoms with Gasteiger partial charge in [-0.3, -0.25) is 4.79 Å². The Morgan fingerprint density at radius 2 is 1.53 bits per heavy atom. The van der Waals surface area contributed by atoms with Crippen LogP contribution < -0.4 is 20.9 Å². The van der Waals surface area contributed by atoms with E-state index in [-0.39, 0.29) is 5.91 Å². The molecule has 1 fully saturated rings. The summed E-state index contributed by atoms with van der Waals surface area (Å²) < 4.78 is 4.97. The molecule has 1 aliphatic heterocycles. The highest BCUT2D eigenvalue weighted by Gasteiger charge is 2.20. The van der Waals surface area contributed by atoms with Crippen LogP contribution in [0.1, 0.15) is 46.0 Å². The van der Waals surface area contributed by atoms with Crippen LogP contribution in [-0.4, -0.2) is 37.6 Å². The van der Waals surface area contributed by atoms with E-state index in [0.29, 0.717) is 35.7 Å². The summed E-state index contributed by atoms with van der Waals surface area (Å²) in [4.78, 5) is 39.8. The maximum atomic E-state index is 13.2. The molecule has 1 aliphatic rings. The first kappa shape index (κ1) is 24.8. The zero-order valence-corrected chi connectivity index (χ0v) is 20.3. The van der Waals surface area contributed by atoms with E-state index in [0.717, 1.165) is 37.2 Å². The summed E-state index contributed by atoms with van der Waals surface area (Å²) in [6, 6.07) is 21.1. The van der Waals surface area contributed by atoms with Crippen molar-refractivity contribution in [2.75, 3.05) is 35.2 Å². The van der Waals surface area contributed by atoms with Gasteiger partial charge in [-0.05, 0) is 67.8 Å². The average Bonchev–Trinajstić information content (AvgIpc) is 3.43. The lowest BCUT2D eigenvalue weighted by Crippen LogP contribution is -2.27. The molecule has 8 nitrogen and oxygen atoms in total. The minimum atomic E-state index is -0.455. The van der Waals surface area contributed by atoms with Crippen molar-refractivity contribution in [2.45, 2.75) is 26.3 Å². The van der Waals surface area contributed by atoms with Crippen LogP contribution >= 0.6 is 0 Å². The maximum absolute atomic E-state index is 13.2. The molecule has 8 heteroatoms. The zero-order chi connectivity index (χ0) is 25.3. The summed E-state index contributed by atoms with van der Waals surface area (Å²) in [5.41, 5.74) is 3.82. The Hall–Kier alpha value is -4.33. The van der Waals surface area contributed by atoms with Gasteiger partial charge in [-0.1, -0.05) is 30.3 Å². The van der Waals surface area contributed by atoms with Gasteiger partial charge in [0.25, 0.3) is 5.91 Å². The molecule has 0 spiro atoms. The fraction of sp³-hybridized carbons (Fsp3) is 0.250. The van der Waals surface area contributed by atoms with Crippen molar-refractivity contribution < 1.29 is 19.1 Å². The molecule has 3 amide bonds. The lowest BCUT2D eigenvalue weighted by molar-refractivity contribution is 0.0526. The van der Waals surface area contributed by atoms with E-state index in [1.807, 2.05) is 36.4 Å². The number of nitrogens with zero attached hydrogens (tertiary/aromatic N) is 1. The van der Waals surface area contributed by atoms with Crippen LogP contribution in [0.4, 0.5) is 21.9 Å². The average molecular weight is 487 g/mol. The van der Waals surface area contributed by atoms with Crippen LogP contribution in [-0.2, 0) is 11.3 Å². The molecule has 3 N–H and O–H groups in total. The third-order valence-electron chi connectivity index (χ3n) is 5.90. The summed E-state index contributed by atoms with van der Waals surface area (Å²) in [5.74, 6) is -0.607. The SMILES string of the molecule is CCOC(=O)c1ccc(NC(=O)Nc2ccc(N3CCCC3)c(C(=O)NCc3ccccc3)c2)cc1. The number of ether oxygens (including phenoxy) is 1. The van der Waals surface area contributed by atoms with Gasteiger partial charge in [0.1, 0.15) is 0 Å². The number of hydrogen-bond acceptors (Lipinski definition) is 5. The van der Waals surface area contributed by atoms with Crippen molar-refractivity contribution in [1.82, 2.24) is 5.32 Å². The summed E-state index contributed by atoms with van der Waals surface area (Å²) in [5, 5.41) is 8.53. The number of urea groups is 1. The fourth-order valence-electron chi connectivity index (χ4n) is 4.10. The van der Waals surface area contributed by atoms with Crippen molar-refractivity contribution in [3.05, 3.63) is 89.5 Å². The number of carbonyl (C=O) groups excluding carboxylic acids is 3. The topological polar surface area (TPSA) is 99.8 Å². The van der Waals surface area contributed by atoms with Crippen LogP contribution in [0.3, 0.4) is 0 Å². The minimum Gasteiger partial charge on any atom is -0.462 e. The first-order chi connectivity index (χ1) is 17.5. The molecule has 3 aromatic rings. The largest absolute Gasteiger partial charge is 0.462 e. The van der Waals surface area contributed by atoms with E-state index in [2.05, 4.69) is 20.9 Å². The third-order valence-corrected chi connectivity index (χ3v) is 5.90. The van der Waals surface area contributed by atoms with Crippen molar-refractivity contribution >= 4 is 35.0 Å². The van der Waals surface area contributed by atoms with E-state index in [4.69, 9.17) is 4.74 Å². The fourth-order valence-corrected chi connectivity index (χ4v) is 4.10. The van der Waals surface area contributed by atoms with Crippen LogP contribution in [0.15, 0.2) is 72.8 Å². The smallest absolute Gasteiger partial charge is 0.338 e. The molecule has 0 radical (unpaired) electrons. The second-order valence-corrected chi connectivity index (χ2v) is 8.47. The molecule has 0 bridgehead atoms. The van der Waals surface area contributed by atoms with Gasteiger partial charge in [-0.15, -0.1) is 0 Å². The van der Waals surface area contributed by atoms with Crippen molar-refractivity contribution in [3.8, 4) is 0 Å². The van der Waals surface area contributed by atoms with Crippen molar-refractivity contribution in [2.24, 2.45) is 0 Å².